The lowest BCUT2D eigenvalue weighted by Gasteiger charge is -2.43. The largest absolute Gasteiger partial charge is 0.368 e. The molecule has 1 aromatic heterocycles. The highest BCUT2D eigenvalue weighted by Gasteiger charge is 2.33. The molecule has 0 bridgehead atoms. The summed E-state index contributed by atoms with van der Waals surface area (Å²) in [6, 6.07) is 9.04. The van der Waals surface area contributed by atoms with E-state index in [9.17, 15) is 13.2 Å². The van der Waals surface area contributed by atoms with E-state index >= 15 is 0 Å². The molecule has 0 unspecified atom stereocenters. The Labute approximate surface area is 250 Å². The van der Waals surface area contributed by atoms with Gasteiger partial charge in [0.1, 0.15) is 17.8 Å². The standard InChI is InChI=1S/C31H46N6O4S/c1-22-7-5-8-24(19-22)28-10-6-9-27(41-28)20-32-30-23(2)29(33-21-34-30)31(38)37-17-13-26(14-18-37)36-15-11-25(12-16-36)35(3)42(4,39)40/h5,7-8,19,21,25-28H,6,9-18,20H2,1-4H3,(H,32,33,34)/t27-,28+/m0/s1. The molecule has 5 rings (SSSR count). The first-order valence-corrected chi connectivity index (χ1v) is 17.2. The molecule has 0 radical (unpaired) electrons. The van der Waals surface area contributed by atoms with Gasteiger partial charge in [-0.1, -0.05) is 29.8 Å². The van der Waals surface area contributed by atoms with E-state index in [1.54, 1.807) is 7.05 Å². The molecular formula is C31H46N6O4S. The number of ether oxygens (including phenoxy) is 1. The third kappa shape index (κ3) is 7.30. The lowest BCUT2D eigenvalue weighted by molar-refractivity contribution is -0.0442. The highest BCUT2D eigenvalue weighted by molar-refractivity contribution is 7.88. The van der Waals surface area contributed by atoms with Gasteiger partial charge in [0.05, 0.1) is 18.5 Å². The van der Waals surface area contributed by atoms with E-state index in [1.165, 1.54) is 28.0 Å². The van der Waals surface area contributed by atoms with E-state index in [0.717, 1.165) is 63.6 Å². The summed E-state index contributed by atoms with van der Waals surface area (Å²) in [4.78, 5) is 26.7. The molecule has 0 spiro atoms. The molecule has 1 amide bonds. The van der Waals surface area contributed by atoms with Gasteiger partial charge in [0.15, 0.2) is 0 Å². The molecule has 1 N–H and O–H groups in total. The van der Waals surface area contributed by atoms with Gasteiger partial charge in [-0.15, -0.1) is 0 Å². The molecule has 3 saturated heterocycles. The van der Waals surface area contributed by atoms with Crippen molar-refractivity contribution in [3.8, 4) is 0 Å². The number of nitrogens with one attached hydrogen (secondary N) is 1. The minimum atomic E-state index is -3.17. The highest BCUT2D eigenvalue weighted by Crippen LogP contribution is 2.32. The maximum absolute atomic E-state index is 13.5. The Kier molecular flexibility index (Phi) is 9.81. The zero-order valence-corrected chi connectivity index (χ0v) is 26.3. The maximum atomic E-state index is 13.5. The predicted molar refractivity (Wildman–Crippen MR) is 164 cm³/mol. The van der Waals surface area contributed by atoms with Gasteiger partial charge in [-0.3, -0.25) is 4.79 Å². The van der Waals surface area contributed by atoms with Crippen LogP contribution in [0.4, 0.5) is 5.82 Å². The first-order chi connectivity index (χ1) is 20.1. The molecule has 0 saturated carbocycles. The number of anilines is 1. The average molecular weight is 599 g/mol. The fourth-order valence-corrected chi connectivity index (χ4v) is 7.44. The van der Waals surface area contributed by atoms with Crippen molar-refractivity contribution in [2.24, 2.45) is 0 Å². The van der Waals surface area contributed by atoms with Crippen molar-refractivity contribution < 1.29 is 17.9 Å². The summed E-state index contributed by atoms with van der Waals surface area (Å²) in [5.41, 5.74) is 3.71. The van der Waals surface area contributed by atoms with Crippen LogP contribution in [0, 0.1) is 13.8 Å². The van der Waals surface area contributed by atoms with Crippen LogP contribution in [0.3, 0.4) is 0 Å². The molecule has 3 aliphatic rings. The van der Waals surface area contributed by atoms with Crippen LogP contribution < -0.4 is 5.32 Å². The van der Waals surface area contributed by atoms with E-state index in [4.69, 9.17) is 4.74 Å². The SMILES string of the molecule is Cc1cccc([C@H]2CCC[C@@H](CNc3ncnc(C(=O)N4CCC(N5CCC(N(C)S(C)(=O)=O)CC5)CC4)c3C)O2)c1. The van der Waals surface area contributed by atoms with Gasteiger partial charge in [0.2, 0.25) is 10.0 Å². The van der Waals surface area contributed by atoms with E-state index in [-0.39, 0.29) is 24.2 Å². The normalized spacial score (nSPS) is 23.3. The van der Waals surface area contributed by atoms with E-state index < -0.39 is 10.0 Å². The first-order valence-electron chi connectivity index (χ1n) is 15.3. The van der Waals surface area contributed by atoms with Crippen molar-refractivity contribution >= 4 is 21.7 Å². The first kappa shape index (κ1) is 30.8. The summed E-state index contributed by atoms with van der Waals surface area (Å²) in [5, 5.41) is 3.44. The van der Waals surface area contributed by atoms with Crippen molar-refractivity contribution in [1.29, 1.82) is 0 Å². The Morgan fingerprint density at radius 3 is 2.48 bits per heavy atom. The number of hydrogen-bond donors (Lipinski definition) is 1. The molecule has 4 heterocycles. The Morgan fingerprint density at radius 2 is 1.79 bits per heavy atom. The van der Waals surface area contributed by atoms with Gasteiger partial charge in [0, 0.05) is 44.3 Å². The molecule has 0 aliphatic carbocycles. The highest BCUT2D eigenvalue weighted by atomic mass is 32.2. The smallest absolute Gasteiger partial charge is 0.272 e. The predicted octanol–water partition coefficient (Wildman–Crippen LogP) is 3.78. The number of amides is 1. The Morgan fingerprint density at radius 1 is 1.05 bits per heavy atom. The fraction of sp³-hybridized carbons (Fsp3) is 0.645. The van der Waals surface area contributed by atoms with Crippen LogP contribution in [0.5, 0.6) is 0 Å². The average Bonchev–Trinajstić information content (AvgIpc) is 3.00. The lowest BCUT2D eigenvalue weighted by atomic mass is 9.97. The number of carbonyl (C=O) groups is 1. The number of benzene rings is 1. The monoisotopic (exact) mass is 598 g/mol. The Hall–Kier alpha value is -2.60. The number of nitrogens with zero attached hydrogens (tertiary/aromatic N) is 5. The minimum absolute atomic E-state index is 0.0432. The summed E-state index contributed by atoms with van der Waals surface area (Å²) in [5.74, 6) is 0.643. The summed E-state index contributed by atoms with van der Waals surface area (Å²) in [6.07, 6.45) is 9.58. The molecule has 11 heteroatoms. The molecule has 42 heavy (non-hydrogen) atoms. The summed E-state index contributed by atoms with van der Waals surface area (Å²) in [6.45, 7) is 7.81. The third-order valence-corrected chi connectivity index (χ3v) is 10.7. The molecule has 3 aliphatic heterocycles. The van der Waals surface area contributed by atoms with Gasteiger partial charge in [0.25, 0.3) is 5.91 Å². The van der Waals surface area contributed by atoms with Crippen molar-refractivity contribution in [2.45, 2.75) is 83.1 Å². The Bertz CT molecular complexity index is 1340. The van der Waals surface area contributed by atoms with Gasteiger partial charge >= 0.3 is 0 Å². The maximum Gasteiger partial charge on any atom is 0.272 e. The number of rotatable bonds is 8. The van der Waals surface area contributed by atoms with Crippen LogP contribution in [-0.4, -0.2) is 103 Å². The number of aryl methyl sites for hydroxylation is 1. The zero-order chi connectivity index (χ0) is 29.9. The van der Waals surface area contributed by atoms with Crippen LogP contribution >= 0.6 is 0 Å². The van der Waals surface area contributed by atoms with Crippen molar-refractivity contribution in [1.82, 2.24) is 24.1 Å². The molecule has 10 nitrogen and oxygen atoms in total. The third-order valence-electron chi connectivity index (χ3n) is 9.35. The van der Waals surface area contributed by atoms with Crippen molar-refractivity contribution in [3.05, 3.63) is 53.0 Å². The quantitative estimate of drug-likeness (QED) is 0.489. The number of hydrogen-bond acceptors (Lipinski definition) is 8. The minimum Gasteiger partial charge on any atom is -0.368 e. The van der Waals surface area contributed by atoms with E-state index in [0.29, 0.717) is 37.2 Å². The second-order valence-electron chi connectivity index (χ2n) is 12.2. The molecule has 3 fully saturated rings. The number of piperidine rings is 2. The van der Waals surface area contributed by atoms with Crippen LogP contribution in [0.25, 0.3) is 0 Å². The van der Waals surface area contributed by atoms with E-state index in [2.05, 4.69) is 51.4 Å². The molecule has 230 valence electrons. The lowest BCUT2D eigenvalue weighted by Crippen LogP contribution is -2.52. The van der Waals surface area contributed by atoms with Gasteiger partial charge in [-0.05, 0) is 77.4 Å². The van der Waals surface area contributed by atoms with Gasteiger partial charge in [-0.25, -0.2) is 22.7 Å². The van der Waals surface area contributed by atoms with Gasteiger partial charge in [-0.2, -0.15) is 0 Å². The van der Waals surface area contributed by atoms with E-state index in [1.807, 2.05) is 11.8 Å². The number of likely N-dealkylation sites (tertiary alicyclic amines) is 2. The van der Waals surface area contributed by atoms with Crippen molar-refractivity contribution in [2.75, 3.05) is 51.3 Å². The number of aromatic nitrogens is 2. The zero-order valence-electron chi connectivity index (χ0n) is 25.5. The second-order valence-corrected chi connectivity index (χ2v) is 14.3. The summed E-state index contributed by atoms with van der Waals surface area (Å²) >= 11 is 0. The molecular weight excluding hydrogens is 552 g/mol. The molecule has 2 aromatic rings. The molecule has 2 atom stereocenters. The number of sulfonamides is 1. The van der Waals surface area contributed by atoms with Crippen LogP contribution in [0.2, 0.25) is 0 Å². The van der Waals surface area contributed by atoms with Crippen LogP contribution in [-0.2, 0) is 14.8 Å². The second kappa shape index (κ2) is 13.4. The Balaban J connectivity index is 1.12. The summed E-state index contributed by atoms with van der Waals surface area (Å²) in [7, 11) is -1.49. The van der Waals surface area contributed by atoms with Crippen LogP contribution in [0.15, 0.2) is 30.6 Å². The topological polar surface area (TPSA) is 108 Å². The fourth-order valence-electron chi connectivity index (χ4n) is 6.69. The van der Waals surface area contributed by atoms with Gasteiger partial charge < -0.3 is 19.9 Å². The summed E-state index contributed by atoms with van der Waals surface area (Å²) < 4.78 is 31.8. The number of carbonyl (C=O) groups excluding carboxylic acids is 1. The molecule has 1 aromatic carbocycles. The van der Waals surface area contributed by atoms with Crippen molar-refractivity contribution in [3.63, 3.8) is 0 Å². The van der Waals surface area contributed by atoms with Crippen LogP contribution in [0.1, 0.15) is 78.2 Å².